The number of hydrogen-bond acceptors (Lipinski definition) is 6. The Balaban J connectivity index is 4.64. The van der Waals surface area contributed by atoms with Crippen molar-refractivity contribution in [3.63, 3.8) is 0 Å². The molecule has 20 heavy (non-hydrogen) atoms. The van der Waals surface area contributed by atoms with E-state index in [1.165, 1.54) is 11.8 Å². The summed E-state index contributed by atoms with van der Waals surface area (Å²) in [5.74, 6) is -1.22. The van der Waals surface area contributed by atoms with E-state index in [9.17, 15) is 14.4 Å². The highest BCUT2D eigenvalue weighted by Crippen LogP contribution is 2.07. The smallest absolute Gasteiger partial charge is 0.372 e. The van der Waals surface area contributed by atoms with E-state index in [4.69, 9.17) is 10.3 Å². The predicted octanol–water partition coefficient (Wildman–Crippen LogP) is 0.445. The summed E-state index contributed by atoms with van der Waals surface area (Å²) < 4.78 is 4.87. The van der Waals surface area contributed by atoms with Gasteiger partial charge < -0.3 is 10.1 Å². The van der Waals surface area contributed by atoms with Gasteiger partial charge in [0.15, 0.2) is 0 Å². The summed E-state index contributed by atoms with van der Waals surface area (Å²) >= 11 is 1.36. The molecular formula is C12H20N3O4S+. The number of ketones is 1. The van der Waals surface area contributed by atoms with Crippen molar-refractivity contribution in [2.24, 2.45) is 0 Å². The van der Waals surface area contributed by atoms with E-state index in [0.29, 0.717) is 0 Å². The van der Waals surface area contributed by atoms with Gasteiger partial charge in [0.2, 0.25) is 11.7 Å². The van der Waals surface area contributed by atoms with E-state index >= 15 is 0 Å². The summed E-state index contributed by atoms with van der Waals surface area (Å²) in [5.41, 5.74) is 6.55. The van der Waals surface area contributed by atoms with Gasteiger partial charge in [0.05, 0.1) is 22.2 Å². The zero-order valence-corrected chi connectivity index (χ0v) is 12.7. The Morgan fingerprint density at radius 2 is 2.10 bits per heavy atom. The van der Waals surface area contributed by atoms with Crippen molar-refractivity contribution in [2.75, 3.05) is 12.9 Å². The normalized spacial score (nSPS) is 12.8. The molecule has 0 aromatic rings. The first-order valence-electron chi connectivity index (χ1n) is 6.18. The van der Waals surface area contributed by atoms with Crippen LogP contribution in [0.2, 0.25) is 0 Å². The van der Waals surface area contributed by atoms with Gasteiger partial charge >= 0.3 is 12.2 Å². The lowest BCUT2D eigenvalue weighted by atomic mass is 10.1. The van der Waals surface area contributed by atoms with Crippen LogP contribution >= 0.6 is 11.8 Å². The van der Waals surface area contributed by atoms with E-state index < -0.39 is 12.0 Å². The van der Waals surface area contributed by atoms with Gasteiger partial charge in [-0.2, -0.15) is 11.8 Å². The predicted molar refractivity (Wildman–Crippen MR) is 74.8 cm³/mol. The van der Waals surface area contributed by atoms with Crippen LogP contribution in [0.1, 0.15) is 26.7 Å². The van der Waals surface area contributed by atoms with E-state index in [-0.39, 0.29) is 36.4 Å². The Morgan fingerprint density at radius 3 is 2.60 bits per heavy atom. The molecule has 0 saturated carbocycles. The number of Topliss-reactive ketones (excluding diaryl/α,β-unsaturated/α-hetero) is 1. The molecule has 112 valence electrons. The van der Waals surface area contributed by atoms with Gasteiger partial charge in [-0.05, 0) is 26.5 Å². The Morgan fingerprint density at radius 1 is 1.45 bits per heavy atom. The molecule has 0 rings (SSSR count). The average molecular weight is 302 g/mol. The molecule has 0 saturated heterocycles. The van der Waals surface area contributed by atoms with Gasteiger partial charge in [-0.25, -0.2) is 4.79 Å². The van der Waals surface area contributed by atoms with Crippen molar-refractivity contribution in [1.29, 1.82) is 5.53 Å². The van der Waals surface area contributed by atoms with Crippen LogP contribution in [0.25, 0.3) is 0 Å². The van der Waals surface area contributed by atoms with Gasteiger partial charge in [-0.15, -0.1) is 0 Å². The number of esters is 1. The Labute approximate surface area is 122 Å². The fourth-order valence-corrected chi connectivity index (χ4v) is 1.59. The molecule has 0 aliphatic rings. The molecule has 7 nitrogen and oxygen atoms in total. The molecule has 0 heterocycles. The fourth-order valence-electron chi connectivity index (χ4n) is 1.31. The maximum absolute atomic E-state index is 11.8. The Kier molecular flexibility index (Phi) is 9.32. The minimum atomic E-state index is -0.861. The van der Waals surface area contributed by atoms with Crippen molar-refractivity contribution in [1.82, 2.24) is 5.32 Å². The molecule has 1 amide bonds. The molecule has 0 fully saturated rings. The van der Waals surface area contributed by atoms with E-state index in [1.54, 1.807) is 20.1 Å². The van der Waals surface area contributed by atoms with Crippen LogP contribution in [0.3, 0.4) is 0 Å². The van der Waals surface area contributed by atoms with Crippen LogP contribution in [0.4, 0.5) is 0 Å². The molecule has 0 aliphatic carbocycles. The highest BCUT2D eigenvalue weighted by atomic mass is 32.2. The number of thioether (sulfide) groups is 1. The van der Waals surface area contributed by atoms with Gasteiger partial charge in [0.1, 0.15) is 6.04 Å². The Bertz CT molecular complexity index is 408. The van der Waals surface area contributed by atoms with Crippen molar-refractivity contribution < 1.29 is 23.9 Å². The average Bonchev–Trinajstić information content (AvgIpc) is 2.42. The standard InChI is InChI=1S/C12H19N3O4S/c1-4-19-12(18)10(6-5-9(16)7-14-13)15-11(17)8(2)20-3/h7-8,10,13H,4-6H2,1-3H3/p+1/t8-,10-/m0/s1. The van der Waals surface area contributed by atoms with E-state index in [1.807, 2.05) is 0 Å². The van der Waals surface area contributed by atoms with E-state index in [2.05, 4.69) is 10.1 Å². The lowest BCUT2D eigenvalue weighted by Gasteiger charge is -2.18. The molecule has 0 aromatic carbocycles. The number of carbonyl (C=O) groups is 3. The minimum absolute atomic E-state index is 0.0137. The number of amides is 1. The second-order valence-electron chi connectivity index (χ2n) is 3.95. The summed E-state index contributed by atoms with van der Waals surface area (Å²) in [4.78, 5) is 37.6. The third-order valence-electron chi connectivity index (χ3n) is 2.50. The quantitative estimate of drug-likeness (QED) is 0.278. The topological polar surface area (TPSA) is 110 Å². The molecule has 2 atom stereocenters. The monoisotopic (exact) mass is 302 g/mol. The third kappa shape index (κ3) is 7.06. The summed E-state index contributed by atoms with van der Waals surface area (Å²) in [5, 5.41) is 2.28. The second kappa shape index (κ2) is 10.2. The molecule has 0 bridgehead atoms. The van der Waals surface area contributed by atoms with Crippen LogP contribution in [-0.2, 0) is 19.1 Å². The number of nitrogens with zero attached hydrogens (tertiary/aromatic N) is 1. The second-order valence-corrected chi connectivity index (χ2v) is 5.13. The number of nitrogens with one attached hydrogen (secondary N) is 2. The number of hydrogen-bond donors (Lipinski definition) is 2. The van der Waals surface area contributed by atoms with Crippen molar-refractivity contribution in [3.8, 4) is 0 Å². The SMILES string of the molecule is CCOC(=O)[C@H](CCC(=O)C=[N+]=N)NC(=O)[C@H](C)SC. The van der Waals surface area contributed by atoms with Gasteiger partial charge in [0, 0.05) is 6.42 Å². The fraction of sp³-hybridized carbons (Fsp3) is 0.667. The van der Waals surface area contributed by atoms with Crippen molar-refractivity contribution in [2.45, 2.75) is 38.0 Å². The van der Waals surface area contributed by atoms with Gasteiger partial charge in [-0.3, -0.25) is 9.59 Å². The first kappa shape index (κ1) is 18.3. The summed E-state index contributed by atoms with van der Waals surface area (Å²) in [7, 11) is 0. The zero-order valence-electron chi connectivity index (χ0n) is 11.8. The molecule has 8 heteroatoms. The van der Waals surface area contributed by atoms with Crippen LogP contribution in [0.5, 0.6) is 0 Å². The van der Waals surface area contributed by atoms with Crippen LogP contribution in [0, 0.1) is 5.53 Å². The summed E-state index contributed by atoms with van der Waals surface area (Å²) in [6.45, 7) is 3.59. The zero-order chi connectivity index (χ0) is 15.5. The molecule has 0 spiro atoms. The first-order valence-corrected chi connectivity index (χ1v) is 7.47. The van der Waals surface area contributed by atoms with Crippen LogP contribution in [-0.4, -0.2) is 52.8 Å². The number of rotatable bonds is 9. The Hall–Kier alpha value is -1.66. The minimum Gasteiger partial charge on any atom is -0.464 e. The molecule has 2 N–H and O–H groups in total. The lowest BCUT2D eigenvalue weighted by molar-refractivity contribution is -0.147. The number of carbonyl (C=O) groups excluding carboxylic acids is 3. The van der Waals surface area contributed by atoms with Crippen molar-refractivity contribution in [3.05, 3.63) is 0 Å². The van der Waals surface area contributed by atoms with E-state index in [0.717, 1.165) is 6.21 Å². The largest absolute Gasteiger partial charge is 0.464 e. The molecule has 0 unspecified atom stereocenters. The lowest BCUT2D eigenvalue weighted by Crippen LogP contribution is -2.45. The maximum atomic E-state index is 11.8. The van der Waals surface area contributed by atoms with Crippen LogP contribution < -0.4 is 5.32 Å². The molecular weight excluding hydrogens is 282 g/mol. The molecule has 0 aliphatic heterocycles. The molecule has 0 aromatic heterocycles. The highest BCUT2D eigenvalue weighted by molar-refractivity contribution is 7.99. The highest BCUT2D eigenvalue weighted by Gasteiger charge is 2.25. The first-order chi connectivity index (χ1) is 9.46. The van der Waals surface area contributed by atoms with Crippen LogP contribution in [0.15, 0.2) is 0 Å². The van der Waals surface area contributed by atoms with Gasteiger partial charge in [0.25, 0.3) is 0 Å². The maximum Gasteiger partial charge on any atom is 0.372 e. The summed E-state index contributed by atoms with van der Waals surface area (Å²) in [6, 6.07) is -0.861. The van der Waals surface area contributed by atoms with Crippen molar-refractivity contribution >= 4 is 35.6 Å². The summed E-state index contributed by atoms with van der Waals surface area (Å²) in [6.07, 6.45) is 2.79. The molecule has 0 radical (unpaired) electrons. The number of ether oxygens (including phenoxy) is 1. The van der Waals surface area contributed by atoms with Gasteiger partial charge in [-0.1, -0.05) is 0 Å². The third-order valence-corrected chi connectivity index (χ3v) is 3.42.